The van der Waals surface area contributed by atoms with Gasteiger partial charge < -0.3 is 4.90 Å². The zero-order valence-electron chi connectivity index (χ0n) is 16.5. The van der Waals surface area contributed by atoms with Crippen molar-refractivity contribution in [1.82, 2.24) is 14.7 Å². The Kier molecular flexibility index (Phi) is 5.91. The standard InChI is InChI=1S/C21H25F2N3O2/c1-13-21(15(3)27)14(2)26(24-13)7-5-20(28)25-6-4-16(12-25)8-17-9-18(22)11-19(23)10-17/h9-11,16H,4-8,12H2,1-3H3. The van der Waals surface area contributed by atoms with Crippen molar-refractivity contribution in [3.05, 3.63) is 52.3 Å². The van der Waals surface area contributed by atoms with E-state index in [2.05, 4.69) is 5.10 Å². The lowest BCUT2D eigenvalue weighted by Crippen LogP contribution is -2.29. The molecule has 2 heterocycles. The molecule has 0 aliphatic carbocycles. The first-order chi connectivity index (χ1) is 13.2. The van der Waals surface area contributed by atoms with Crippen molar-refractivity contribution in [2.24, 2.45) is 5.92 Å². The Morgan fingerprint density at radius 3 is 2.46 bits per heavy atom. The van der Waals surface area contributed by atoms with Gasteiger partial charge in [-0.1, -0.05) is 0 Å². The van der Waals surface area contributed by atoms with E-state index in [0.717, 1.165) is 18.2 Å². The predicted molar refractivity (Wildman–Crippen MR) is 101 cm³/mol. The van der Waals surface area contributed by atoms with Crippen LogP contribution in [-0.4, -0.2) is 39.5 Å². The zero-order chi connectivity index (χ0) is 20.4. The maximum atomic E-state index is 13.3. The maximum Gasteiger partial charge on any atom is 0.224 e. The summed E-state index contributed by atoms with van der Waals surface area (Å²) in [6, 6.07) is 3.57. The summed E-state index contributed by atoms with van der Waals surface area (Å²) in [5, 5.41) is 4.37. The fourth-order valence-corrected chi connectivity index (χ4v) is 4.07. The molecular formula is C21H25F2N3O2. The first-order valence-electron chi connectivity index (χ1n) is 9.52. The van der Waals surface area contributed by atoms with Gasteiger partial charge in [0.25, 0.3) is 0 Å². The number of amides is 1. The highest BCUT2D eigenvalue weighted by molar-refractivity contribution is 5.96. The Labute approximate surface area is 163 Å². The summed E-state index contributed by atoms with van der Waals surface area (Å²) in [4.78, 5) is 26.1. The molecule has 2 aromatic rings. The van der Waals surface area contributed by atoms with E-state index >= 15 is 0 Å². The number of rotatable bonds is 6. The van der Waals surface area contributed by atoms with E-state index in [4.69, 9.17) is 0 Å². The van der Waals surface area contributed by atoms with Gasteiger partial charge in [0.05, 0.1) is 11.3 Å². The van der Waals surface area contributed by atoms with Crippen molar-refractivity contribution in [3.63, 3.8) is 0 Å². The summed E-state index contributed by atoms with van der Waals surface area (Å²) in [6.45, 7) is 6.81. The van der Waals surface area contributed by atoms with Gasteiger partial charge in [0, 0.05) is 37.8 Å². The number of ketones is 1. The minimum atomic E-state index is -0.573. The number of aryl methyl sites for hydroxylation is 2. The average Bonchev–Trinajstić information content (AvgIpc) is 3.16. The highest BCUT2D eigenvalue weighted by Gasteiger charge is 2.26. The van der Waals surface area contributed by atoms with Crippen molar-refractivity contribution >= 4 is 11.7 Å². The molecular weight excluding hydrogens is 364 g/mol. The molecule has 1 unspecified atom stereocenters. The predicted octanol–water partition coefficient (Wildman–Crippen LogP) is 3.46. The van der Waals surface area contributed by atoms with Crippen LogP contribution >= 0.6 is 0 Å². The molecule has 7 heteroatoms. The van der Waals surface area contributed by atoms with E-state index < -0.39 is 11.6 Å². The SMILES string of the molecule is CC(=O)c1c(C)nn(CCC(=O)N2CCC(Cc3cc(F)cc(F)c3)C2)c1C. The molecule has 0 bridgehead atoms. The number of likely N-dealkylation sites (tertiary alicyclic amines) is 1. The number of carbonyl (C=O) groups excluding carboxylic acids is 2. The molecule has 1 amide bonds. The minimum Gasteiger partial charge on any atom is -0.342 e. The van der Waals surface area contributed by atoms with Crippen molar-refractivity contribution in [3.8, 4) is 0 Å². The Balaban J connectivity index is 1.55. The first kappa shape index (κ1) is 20.2. The number of benzene rings is 1. The molecule has 1 aromatic carbocycles. The number of hydrogen-bond acceptors (Lipinski definition) is 3. The van der Waals surface area contributed by atoms with Gasteiger partial charge in [-0.3, -0.25) is 14.3 Å². The van der Waals surface area contributed by atoms with Gasteiger partial charge in [-0.25, -0.2) is 8.78 Å². The third-order valence-electron chi connectivity index (χ3n) is 5.36. The summed E-state index contributed by atoms with van der Waals surface area (Å²) in [5.74, 6) is -0.941. The molecule has 5 nitrogen and oxygen atoms in total. The molecule has 1 fully saturated rings. The largest absolute Gasteiger partial charge is 0.342 e. The van der Waals surface area contributed by atoms with Gasteiger partial charge in [-0.05, 0) is 57.2 Å². The van der Waals surface area contributed by atoms with E-state index in [0.29, 0.717) is 49.3 Å². The van der Waals surface area contributed by atoms with E-state index in [1.807, 2.05) is 6.92 Å². The third-order valence-corrected chi connectivity index (χ3v) is 5.36. The van der Waals surface area contributed by atoms with E-state index in [1.54, 1.807) is 16.5 Å². The highest BCUT2D eigenvalue weighted by Crippen LogP contribution is 2.23. The van der Waals surface area contributed by atoms with Crippen LogP contribution in [0.25, 0.3) is 0 Å². The molecule has 1 aromatic heterocycles. The lowest BCUT2D eigenvalue weighted by Gasteiger charge is -2.17. The van der Waals surface area contributed by atoms with Crippen LogP contribution in [-0.2, 0) is 17.8 Å². The van der Waals surface area contributed by atoms with Crippen LogP contribution in [0.3, 0.4) is 0 Å². The molecule has 0 radical (unpaired) electrons. The number of carbonyl (C=O) groups is 2. The summed E-state index contributed by atoms with van der Waals surface area (Å²) >= 11 is 0. The zero-order valence-corrected chi connectivity index (χ0v) is 16.5. The molecule has 1 saturated heterocycles. The highest BCUT2D eigenvalue weighted by atomic mass is 19.1. The van der Waals surface area contributed by atoms with Crippen LogP contribution in [0.15, 0.2) is 18.2 Å². The minimum absolute atomic E-state index is 0.0243. The number of halogens is 2. The van der Waals surface area contributed by atoms with E-state index in [-0.39, 0.29) is 17.6 Å². The molecule has 28 heavy (non-hydrogen) atoms. The second kappa shape index (κ2) is 8.20. The summed E-state index contributed by atoms with van der Waals surface area (Å²) in [5.41, 5.74) is 2.71. The molecule has 0 saturated carbocycles. The van der Waals surface area contributed by atoms with Gasteiger partial charge in [-0.15, -0.1) is 0 Å². The fourth-order valence-electron chi connectivity index (χ4n) is 4.07. The van der Waals surface area contributed by atoms with E-state index in [1.165, 1.54) is 19.1 Å². The quantitative estimate of drug-likeness (QED) is 0.711. The molecule has 0 spiro atoms. The molecule has 1 aliphatic heterocycles. The van der Waals surface area contributed by atoms with E-state index in [9.17, 15) is 18.4 Å². The van der Waals surface area contributed by atoms with Gasteiger partial charge in [0.2, 0.25) is 5.91 Å². The van der Waals surface area contributed by atoms with Crippen LogP contribution < -0.4 is 0 Å². The lowest BCUT2D eigenvalue weighted by atomic mass is 9.98. The normalized spacial score (nSPS) is 16.6. The molecule has 1 aliphatic rings. The molecule has 1 atom stereocenters. The molecule has 0 N–H and O–H groups in total. The second-order valence-electron chi connectivity index (χ2n) is 7.55. The fraction of sp³-hybridized carbons (Fsp3) is 0.476. The number of nitrogens with zero attached hydrogens (tertiary/aromatic N) is 3. The second-order valence-corrected chi connectivity index (χ2v) is 7.55. The lowest BCUT2D eigenvalue weighted by molar-refractivity contribution is -0.130. The Morgan fingerprint density at radius 1 is 1.18 bits per heavy atom. The van der Waals surface area contributed by atoms with Gasteiger partial charge in [0.15, 0.2) is 5.78 Å². The Morgan fingerprint density at radius 2 is 1.86 bits per heavy atom. The average molecular weight is 389 g/mol. The van der Waals surface area contributed by atoms with Crippen molar-refractivity contribution in [2.45, 2.75) is 46.6 Å². The number of Topliss-reactive ketones (excluding diaryl/α,β-unsaturated/α-hetero) is 1. The maximum absolute atomic E-state index is 13.3. The van der Waals surface area contributed by atoms with Crippen LogP contribution in [0.1, 0.15) is 47.1 Å². The van der Waals surface area contributed by atoms with Crippen LogP contribution in [0, 0.1) is 31.4 Å². The van der Waals surface area contributed by atoms with Crippen LogP contribution in [0.4, 0.5) is 8.78 Å². The monoisotopic (exact) mass is 389 g/mol. The summed E-state index contributed by atoms with van der Waals surface area (Å²) in [7, 11) is 0. The summed E-state index contributed by atoms with van der Waals surface area (Å²) < 4.78 is 28.4. The van der Waals surface area contributed by atoms with Crippen molar-refractivity contribution < 1.29 is 18.4 Å². The van der Waals surface area contributed by atoms with Crippen molar-refractivity contribution in [1.29, 1.82) is 0 Å². The molecule has 150 valence electrons. The van der Waals surface area contributed by atoms with Crippen LogP contribution in [0.5, 0.6) is 0 Å². The van der Waals surface area contributed by atoms with Gasteiger partial charge in [-0.2, -0.15) is 5.10 Å². The Bertz CT molecular complexity index is 887. The smallest absolute Gasteiger partial charge is 0.224 e. The van der Waals surface area contributed by atoms with Crippen LogP contribution in [0.2, 0.25) is 0 Å². The van der Waals surface area contributed by atoms with Crippen molar-refractivity contribution in [2.75, 3.05) is 13.1 Å². The number of hydrogen-bond donors (Lipinski definition) is 0. The topological polar surface area (TPSA) is 55.2 Å². The third kappa shape index (κ3) is 4.46. The Hall–Kier alpha value is -2.57. The first-order valence-corrected chi connectivity index (χ1v) is 9.52. The van der Waals surface area contributed by atoms with Gasteiger partial charge >= 0.3 is 0 Å². The number of aromatic nitrogens is 2. The van der Waals surface area contributed by atoms with Gasteiger partial charge in [0.1, 0.15) is 11.6 Å². The molecule has 3 rings (SSSR count). The summed E-state index contributed by atoms with van der Waals surface area (Å²) in [6.07, 6.45) is 1.68.